The Morgan fingerprint density at radius 1 is 1.07 bits per heavy atom. The molecule has 0 radical (unpaired) electrons. The van der Waals surface area contributed by atoms with E-state index in [0.717, 1.165) is 12.1 Å². The second-order valence-electron chi connectivity index (χ2n) is 5.43. The monoisotopic (exact) mass is 421 g/mol. The third-order valence-electron chi connectivity index (χ3n) is 3.76. The summed E-state index contributed by atoms with van der Waals surface area (Å²) in [6.07, 6.45) is 0. The maximum atomic E-state index is 14.2. The van der Waals surface area contributed by atoms with Gasteiger partial charge in [-0.15, -0.1) is 0 Å². The lowest BCUT2D eigenvalue weighted by atomic mass is 9.97. The lowest BCUT2D eigenvalue weighted by Gasteiger charge is -2.15. The number of alkyl halides is 3. The number of sulfonamides is 1. The van der Waals surface area contributed by atoms with Crippen LogP contribution in [0, 0.1) is 5.82 Å². The number of benzene rings is 2. The minimum absolute atomic E-state index is 0.0374. The van der Waals surface area contributed by atoms with E-state index in [1.807, 2.05) is 0 Å². The lowest BCUT2D eigenvalue weighted by Crippen LogP contribution is -2.36. The molecule has 0 unspecified atom stereocenters. The Morgan fingerprint density at radius 2 is 1.75 bits per heavy atom. The summed E-state index contributed by atoms with van der Waals surface area (Å²) in [6, 6.07) is 7.39. The third kappa shape index (κ3) is 4.42. The van der Waals surface area contributed by atoms with Crippen LogP contribution >= 0.6 is 0 Å². The Morgan fingerprint density at radius 3 is 2.29 bits per heavy atom. The molecule has 0 aliphatic heterocycles. The van der Waals surface area contributed by atoms with Crippen molar-refractivity contribution in [1.29, 1.82) is 0 Å². The van der Waals surface area contributed by atoms with Crippen LogP contribution in [0.15, 0.2) is 36.4 Å². The first kappa shape index (κ1) is 21.6. The first-order valence-corrected chi connectivity index (χ1v) is 9.10. The standard InChI is InChI=1S/C17H15F4NO5S/c1-26-10-6-7-12(14(18)8-10)16(23)11-4-3-5-15(27-2)13(11)9-22-28(24,25)17(19,20)21/h3-8,22H,9H2,1-2H3. The second-order valence-corrected chi connectivity index (χ2v) is 7.19. The molecule has 0 aromatic heterocycles. The molecule has 1 N–H and O–H groups in total. The van der Waals surface area contributed by atoms with Crippen LogP contribution in [-0.4, -0.2) is 33.9 Å². The van der Waals surface area contributed by atoms with Gasteiger partial charge in [0.25, 0.3) is 0 Å². The van der Waals surface area contributed by atoms with Crippen LogP contribution in [0.25, 0.3) is 0 Å². The molecule has 0 atom stereocenters. The molecule has 0 saturated carbocycles. The van der Waals surface area contributed by atoms with Crippen molar-refractivity contribution >= 4 is 15.8 Å². The van der Waals surface area contributed by atoms with Crippen molar-refractivity contribution in [3.8, 4) is 11.5 Å². The van der Waals surface area contributed by atoms with Gasteiger partial charge in [-0.25, -0.2) is 17.5 Å². The maximum Gasteiger partial charge on any atom is 0.511 e. The molecule has 0 spiro atoms. The van der Waals surface area contributed by atoms with Gasteiger partial charge in [0.05, 0.1) is 19.8 Å². The summed E-state index contributed by atoms with van der Waals surface area (Å²) in [5.74, 6) is -1.64. The van der Waals surface area contributed by atoms with Gasteiger partial charge in [0.15, 0.2) is 5.78 Å². The Kier molecular flexibility index (Phi) is 6.30. The molecule has 0 fully saturated rings. The Hall–Kier alpha value is -2.66. The summed E-state index contributed by atoms with van der Waals surface area (Å²) in [7, 11) is -3.15. The van der Waals surface area contributed by atoms with E-state index in [1.54, 1.807) is 0 Å². The zero-order valence-corrected chi connectivity index (χ0v) is 15.4. The summed E-state index contributed by atoms with van der Waals surface area (Å²) >= 11 is 0. The fraction of sp³-hybridized carbons (Fsp3) is 0.235. The molecule has 28 heavy (non-hydrogen) atoms. The summed E-state index contributed by atoms with van der Waals surface area (Å²) < 4.78 is 85.7. The molecular weight excluding hydrogens is 406 g/mol. The normalized spacial score (nSPS) is 11.9. The average Bonchev–Trinajstić information content (AvgIpc) is 2.64. The molecule has 0 bridgehead atoms. The molecule has 0 amide bonds. The Bertz CT molecular complexity index is 990. The van der Waals surface area contributed by atoms with E-state index in [2.05, 4.69) is 0 Å². The van der Waals surface area contributed by atoms with Gasteiger partial charge < -0.3 is 9.47 Å². The summed E-state index contributed by atoms with van der Waals surface area (Å²) in [5.41, 5.74) is -6.28. The molecular formula is C17H15F4NO5S. The fourth-order valence-electron chi connectivity index (χ4n) is 2.35. The van der Waals surface area contributed by atoms with E-state index in [-0.39, 0.29) is 28.2 Å². The van der Waals surface area contributed by atoms with E-state index in [9.17, 15) is 30.8 Å². The van der Waals surface area contributed by atoms with Gasteiger partial charge in [0.1, 0.15) is 17.3 Å². The van der Waals surface area contributed by atoms with E-state index < -0.39 is 33.7 Å². The molecule has 0 aliphatic rings. The third-order valence-corrected chi connectivity index (χ3v) is 4.90. The van der Waals surface area contributed by atoms with Gasteiger partial charge >= 0.3 is 15.5 Å². The topological polar surface area (TPSA) is 81.7 Å². The van der Waals surface area contributed by atoms with Crippen LogP contribution in [0.3, 0.4) is 0 Å². The second kappa shape index (κ2) is 8.15. The zero-order chi connectivity index (χ0) is 21.1. The molecule has 0 heterocycles. The van der Waals surface area contributed by atoms with E-state index >= 15 is 0 Å². The van der Waals surface area contributed by atoms with Crippen molar-refractivity contribution in [2.24, 2.45) is 0 Å². The lowest BCUT2D eigenvalue weighted by molar-refractivity contribution is -0.0448. The maximum absolute atomic E-state index is 14.2. The highest BCUT2D eigenvalue weighted by Crippen LogP contribution is 2.28. The quantitative estimate of drug-likeness (QED) is 0.549. The minimum atomic E-state index is -5.65. The Labute approximate surface area is 158 Å². The summed E-state index contributed by atoms with van der Waals surface area (Å²) in [6.45, 7) is -0.884. The molecule has 11 heteroatoms. The number of hydrogen-bond acceptors (Lipinski definition) is 5. The van der Waals surface area contributed by atoms with Gasteiger partial charge in [-0.1, -0.05) is 12.1 Å². The van der Waals surface area contributed by atoms with Gasteiger partial charge in [0, 0.05) is 23.7 Å². The van der Waals surface area contributed by atoms with Crippen molar-refractivity contribution in [1.82, 2.24) is 4.72 Å². The molecule has 2 aromatic carbocycles. The van der Waals surface area contributed by atoms with Crippen LogP contribution in [0.1, 0.15) is 21.5 Å². The predicted octanol–water partition coefficient (Wildman–Crippen LogP) is 3.01. The predicted molar refractivity (Wildman–Crippen MR) is 91.2 cm³/mol. The number of ether oxygens (including phenoxy) is 2. The molecule has 0 aliphatic carbocycles. The van der Waals surface area contributed by atoms with Crippen LogP contribution < -0.4 is 14.2 Å². The highest BCUT2D eigenvalue weighted by molar-refractivity contribution is 7.90. The van der Waals surface area contributed by atoms with Crippen molar-refractivity contribution < 1.29 is 40.2 Å². The summed E-state index contributed by atoms with van der Waals surface area (Å²) in [4.78, 5) is 12.7. The van der Waals surface area contributed by atoms with Crippen molar-refractivity contribution in [3.05, 3.63) is 58.9 Å². The SMILES string of the molecule is COc1ccc(C(=O)c2cccc(OC)c2CNS(=O)(=O)C(F)(F)F)c(F)c1. The van der Waals surface area contributed by atoms with E-state index in [0.29, 0.717) is 0 Å². The fourth-order valence-corrected chi connectivity index (χ4v) is 2.85. The number of ketones is 1. The number of halogens is 4. The van der Waals surface area contributed by atoms with Gasteiger partial charge in [-0.3, -0.25) is 4.79 Å². The first-order chi connectivity index (χ1) is 13.0. The van der Waals surface area contributed by atoms with Gasteiger partial charge in [-0.05, 0) is 18.2 Å². The van der Waals surface area contributed by atoms with Crippen LogP contribution in [-0.2, 0) is 16.6 Å². The number of methoxy groups -OCH3 is 2. The average molecular weight is 421 g/mol. The smallest absolute Gasteiger partial charge is 0.497 e. The van der Waals surface area contributed by atoms with Crippen molar-refractivity contribution in [3.63, 3.8) is 0 Å². The molecule has 0 saturated heterocycles. The molecule has 2 aromatic rings. The van der Waals surface area contributed by atoms with Gasteiger partial charge in [0.2, 0.25) is 0 Å². The summed E-state index contributed by atoms with van der Waals surface area (Å²) in [5, 5.41) is 0. The first-order valence-electron chi connectivity index (χ1n) is 7.62. The van der Waals surface area contributed by atoms with Gasteiger partial charge in [-0.2, -0.15) is 13.2 Å². The number of hydrogen-bond donors (Lipinski definition) is 1. The highest BCUT2D eigenvalue weighted by atomic mass is 32.2. The van der Waals surface area contributed by atoms with Crippen molar-refractivity contribution in [2.45, 2.75) is 12.1 Å². The molecule has 6 nitrogen and oxygen atoms in total. The highest BCUT2D eigenvalue weighted by Gasteiger charge is 2.45. The minimum Gasteiger partial charge on any atom is -0.497 e. The zero-order valence-electron chi connectivity index (χ0n) is 14.6. The molecule has 2 rings (SSSR count). The van der Waals surface area contributed by atoms with Crippen LogP contribution in [0.5, 0.6) is 11.5 Å². The largest absolute Gasteiger partial charge is 0.511 e. The van der Waals surface area contributed by atoms with Crippen LogP contribution in [0.4, 0.5) is 17.6 Å². The van der Waals surface area contributed by atoms with E-state index in [1.165, 1.54) is 43.2 Å². The van der Waals surface area contributed by atoms with Crippen molar-refractivity contribution in [2.75, 3.05) is 14.2 Å². The number of nitrogens with one attached hydrogen (secondary N) is 1. The van der Waals surface area contributed by atoms with Crippen LogP contribution in [0.2, 0.25) is 0 Å². The number of carbonyl (C=O) groups excluding carboxylic acids is 1. The number of carbonyl (C=O) groups is 1. The molecule has 152 valence electrons. The van der Waals surface area contributed by atoms with E-state index in [4.69, 9.17) is 9.47 Å². The Balaban J connectivity index is 2.47. The number of rotatable bonds is 7.